The lowest BCUT2D eigenvalue weighted by Gasteiger charge is -2.29. The third-order valence-electron chi connectivity index (χ3n) is 5.23. The smallest absolute Gasteiger partial charge is 0.322 e. The summed E-state index contributed by atoms with van der Waals surface area (Å²) < 4.78 is 40.9. The highest BCUT2D eigenvalue weighted by Crippen LogP contribution is 2.34. The molecule has 1 amide bonds. The maximum Gasteiger partial charge on any atom is 0.417 e. The van der Waals surface area contributed by atoms with E-state index in [9.17, 15) is 18.0 Å². The molecule has 0 radical (unpaired) electrons. The van der Waals surface area contributed by atoms with Gasteiger partial charge in [0.15, 0.2) is 0 Å². The number of halogens is 4. The van der Waals surface area contributed by atoms with Crippen molar-refractivity contribution in [2.45, 2.75) is 19.1 Å². The molecule has 168 valence electrons. The maximum absolute atomic E-state index is 13.3. The molecule has 0 unspecified atom stereocenters. The van der Waals surface area contributed by atoms with Gasteiger partial charge in [-0.05, 0) is 71.0 Å². The third kappa shape index (κ3) is 4.62. The number of carbonyl (C=O) groups excluding carboxylic acids is 1. The largest absolute Gasteiger partial charge is 0.417 e. The maximum atomic E-state index is 13.3. The Bertz CT molecular complexity index is 1110. The first kappa shape index (κ1) is 22.6. The first-order chi connectivity index (χ1) is 15.3. The molecular weight excluding hydrogens is 536 g/mol. The van der Waals surface area contributed by atoms with E-state index >= 15 is 0 Å². The van der Waals surface area contributed by atoms with Crippen molar-refractivity contribution >= 4 is 39.9 Å². The van der Waals surface area contributed by atoms with Crippen molar-refractivity contribution in [3.63, 3.8) is 0 Å². The fourth-order valence-corrected chi connectivity index (χ4v) is 4.42. The van der Waals surface area contributed by atoms with E-state index in [-0.39, 0.29) is 11.3 Å². The quantitative estimate of drug-likeness (QED) is 0.489. The number of nitrogens with zero attached hydrogens (tertiary/aromatic N) is 1. The minimum Gasteiger partial charge on any atom is -0.322 e. The molecule has 2 aromatic carbocycles. The zero-order valence-corrected chi connectivity index (χ0v) is 19.2. The molecule has 3 N–H and O–H groups in total. The van der Waals surface area contributed by atoms with Gasteiger partial charge < -0.3 is 10.6 Å². The fraction of sp³-hybridized carbons (Fsp3) is 0.227. The standard InChI is InChI=1S/C22H20F3IN4O2/c1-32-30-20(9-14(12-28-30)22(23,24)25)17-4-2-3-5-18(17)21(31)29-19-10-15(26)8-13-11-27-7-6-16(13)19/h2-5,8-10,12,27-28H,6-7,11H2,1H3,(H,29,31). The highest BCUT2D eigenvalue weighted by atomic mass is 127. The van der Waals surface area contributed by atoms with Gasteiger partial charge in [-0.3, -0.25) is 15.1 Å². The van der Waals surface area contributed by atoms with Gasteiger partial charge in [-0.25, -0.2) is 0 Å². The molecule has 6 nitrogen and oxygen atoms in total. The Labute approximate surface area is 196 Å². The fourth-order valence-electron chi connectivity index (χ4n) is 3.74. The minimum absolute atomic E-state index is 0.0712. The first-order valence-corrected chi connectivity index (χ1v) is 10.9. The number of hydrazine groups is 1. The van der Waals surface area contributed by atoms with Gasteiger partial charge >= 0.3 is 6.18 Å². The molecule has 10 heteroatoms. The Hall–Kier alpha value is -2.57. The van der Waals surface area contributed by atoms with Crippen LogP contribution in [0.2, 0.25) is 0 Å². The molecule has 2 aromatic rings. The van der Waals surface area contributed by atoms with Crippen molar-refractivity contribution in [3.05, 3.63) is 80.1 Å². The van der Waals surface area contributed by atoms with E-state index in [0.717, 1.165) is 51.7 Å². The van der Waals surface area contributed by atoms with E-state index in [1.165, 1.54) is 7.11 Å². The van der Waals surface area contributed by atoms with Crippen molar-refractivity contribution in [3.8, 4) is 0 Å². The molecule has 0 aromatic heterocycles. The van der Waals surface area contributed by atoms with Crippen LogP contribution in [0.1, 0.15) is 27.0 Å². The van der Waals surface area contributed by atoms with E-state index in [1.807, 2.05) is 6.07 Å². The lowest BCUT2D eigenvalue weighted by Crippen LogP contribution is -2.36. The highest BCUT2D eigenvalue weighted by Gasteiger charge is 2.35. The Morgan fingerprint density at radius 1 is 1.25 bits per heavy atom. The van der Waals surface area contributed by atoms with Crippen LogP contribution in [0, 0.1) is 3.57 Å². The second kappa shape index (κ2) is 9.12. The Morgan fingerprint density at radius 2 is 2.03 bits per heavy atom. The minimum atomic E-state index is -4.55. The van der Waals surface area contributed by atoms with Crippen LogP contribution >= 0.6 is 22.6 Å². The van der Waals surface area contributed by atoms with Crippen molar-refractivity contribution in [2.24, 2.45) is 0 Å². The van der Waals surface area contributed by atoms with Crippen LogP contribution in [0.5, 0.6) is 0 Å². The number of rotatable bonds is 4. The molecule has 32 heavy (non-hydrogen) atoms. The van der Waals surface area contributed by atoms with Gasteiger partial charge in [0.1, 0.15) is 0 Å². The molecule has 2 heterocycles. The topological polar surface area (TPSA) is 65.6 Å². The SMILES string of the molecule is CON1NC=C(C(F)(F)F)C=C1c1ccccc1C(=O)Nc1cc(I)cc2c1CCNC2. The molecule has 4 rings (SSSR count). The molecular formula is C22H20F3IN4O2. The summed E-state index contributed by atoms with van der Waals surface area (Å²) >= 11 is 2.20. The summed E-state index contributed by atoms with van der Waals surface area (Å²) in [4.78, 5) is 18.4. The van der Waals surface area contributed by atoms with Gasteiger partial charge in [-0.15, -0.1) is 0 Å². The molecule has 0 aliphatic carbocycles. The lowest BCUT2D eigenvalue weighted by molar-refractivity contribution is -0.114. The van der Waals surface area contributed by atoms with Gasteiger partial charge in [-0.1, -0.05) is 18.2 Å². The zero-order chi connectivity index (χ0) is 22.9. The number of nitrogens with one attached hydrogen (secondary N) is 3. The van der Waals surface area contributed by atoms with Crippen LogP contribution in [0.3, 0.4) is 0 Å². The number of hydroxylamine groups is 1. The summed E-state index contributed by atoms with van der Waals surface area (Å²) in [5.41, 5.74) is 5.08. The van der Waals surface area contributed by atoms with Crippen LogP contribution < -0.4 is 16.1 Å². The van der Waals surface area contributed by atoms with Crippen molar-refractivity contribution in [1.82, 2.24) is 15.9 Å². The van der Waals surface area contributed by atoms with E-state index in [2.05, 4.69) is 44.7 Å². The summed E-state index contributed by atoms with van der Waals surface area (Å²) in [6, 6.07) is 10.5. The van der Waals surface area contributed by atoms with Gasteiger partial charge in [0.25, 0.3) is 5.91 Å². The normalized spacial score (nSPS) is 16.0. The van der Waals surface area contributed by atoms with Crippen molar-refractivity contribution in [2.75, 3.05) is 19.0 Å². The number of hydrogen-bond donors (Lipinski definition) is 3. The van der Waals surface area contributed by atoms with Gasteiger partial charge in [-0.2, -0.15) is 18.3 Å². The average Bonchev–Trinajstić information content (AvgIpc) is 2.78. The van der Waals surface area contributed by atoms with E-state index < -0.39 is 17.7 Å². The van der Waals surface area contributed by atoms with Crippen LogP contribution in [0.4, 0.5) is 18.9 Å². The van der Waals surface area contributed by atoms with Gasteiger partial charge in [0.2, 0.25) is 0 Å². The number of allylic oxidation sites excluding steroid dienone is 2. The van der Waals surface area contributed by atoms with Crippen LogP contribution in [0.25, 0.3) is 5.70 Å². The summed E-state index contributed by atoms with van der Waals surface area (Å²) in [5.74, 6) is -0.414. The third-order valence-corrected chi connectivity index (χ3v) is 5.85. The number of hydrogen-bond acceptors (Lipinski definition) is 5. The summed E-state index contributed by atoms with van der Waals surface area (Å²) in [6.07, 6.45) is -2.02. The van der Waals surface area contributed by atoms with Crippen LogP contribution in [-0.4, -0.2) is 30.9 Å². The molecule has 0 fully saturated rings. The number of amides is 1. The van der Waals surface area contributed by atoms with Crippen molar-refractivity contribution < 1.29 is 22.8 Å². The summed E-state index contributed by atoms with van der Waals surface area (Å²) in [7, 11) is 1.32. The van der Waals surface area contributed by atoms with Crippen LogP contribution in [0.15, 0.2) is 54.2 Å². The first-order valence-electron chi connectivity index (χ1n) is 9.80. The number of alkyl halides is 3. The molecule has 0 spiro atoms. The van der Waals surface area contributed by atoms with E-state index in [0.29, 0.717) is 11.3 Å². The predicted molar refractivity (Wildman–Crippen MR) is 123 cm³/mol. The molecule has 0 atom stereocenters. The molecule has 2 aliphatic rings. The number of anilines is 1. The molecule has 0 saturated heterocycles. The zero-order valence-electron chi connectivity index (χ0n) is 17.0. The van der Waals surface area contributed by atoms with E-state index in [4.69, 9.17) is 4.84 Å². The number of benzene rings is 2. The van der Waals surface area contributed by atoms with E-state index in [1.54, 1.807) is 24.3 Å². The summed E-state index contributed by atoms with van der Waals surface area (Å²) in [6.45, 7) is 1.53. The second-order valence-corrected chi connectivity index (χ2v) is 8.50. The average molecular weight is 556 g/mol. The highest BCUT2D eigenvalue weighted by molar-refractivity contribution is 14.1. The van der Waals surface area contributed by atoms with Gasteiger partial charge in [0.05, 0.1) is 18.4 Å². The number of fused-ring (bicyclic) bond motifs is 1. The lowest BCUT2D eigenvalue weighted by atomic mass is 9.98. The monoisotopic (exact) mass is 556 g/mol. The molecule has 2 aliphatic heterocycles. The molecule has 0 bridgehead atoms. The molecule has 0 saturated carbocycles. The number of carbonyl (C=O) groups is 1. The Kier molecular flexibility index (Phi) is 6.45. The van der Waals surface area contributed by atoms with Gasteiger partial charge in [0, 0.05) is 33.1 Å². The predicted octanol–water partition coefficient (Wildman–Crippen LogP) is 4.36. The Morgan fingerprint density at radius 3 is 2.78 bits per heavy atom. The second-order valence-electron chi connectivity index (χ2n) is 7.25. The van der Waals surface area contributed by atoms with Crippen LogP contribution in [-0.2, 0) is 17.8 Å². The summed E-state index contributed by atoms with van der Waals surface area (Å²) in [5, 5.41) is 7.36. The van der Waals surface area contributed by atoms with Crippen molar-refractivity contribution in [1.29, 1.82) is 0 Å². The Balaban J connectivity index is 1.72.